The molecule has 7 nitrogen and oxygen atoms in total. The van der Waals surface area contributed by atoms with Gasteiger partial charge in [0, 0.05) is 24.7 Å². The zero-order valence-corrected chi connectivity index (χ0v) is 13.1. The Morgan fingerprint density at radius 3 is 2.79 bits per heavy atom. The summed E-state index contributed by atoms with van der Waals surface area (Å²) in [4.78, 5) is 27.8. The summed E-state index contributed by atoms with van der Waals surface area (Å²) in [6.07, 6.45) is 3.16. The number of fused-ring (bicyclic) bond motifs is 1. The second kappa shape index (κ2) is 6.49. The van der Waals surface area contributed by atoms with Gasteiger partial charge in [-0.25, -0.2) is 14.5 Å². The normalized spacial score (nSPS) is 10.7. The first kappa shape index (κ1) is 15.7. The number of carbonyl (C=O) groups excluding carboxylic acids is 1. The van der Waals surface area contributed by atoms with Gasteiger partial charge >= 0.3 is 5.97 Å². The van der Waals surface area contributed by atoms with E-state index in [9.17, 15) is 9.59 Å². The first-order chi connectivity index (χ1) is 11.6. The highest BCUT2D eigenvalue weighted by Crippen LogP contribution is 2.13. The number of carbonyl (C=O) groups is 2. The fraction of sp³-hybridized carbons (Fsp3) is 0.176. The van der Waals surface area contributed by atoms with Crippen molar-refractivity contribution in [2.75, 3.05) is 0 Å². The molecule has 0 bridgehead atoms. The third kappa shape index (κ3) is 2.96. The van der Waals surface area contributed by atoms with Crippen LogP contribution in [0.2, 0.25) is 0 Å². The number of hydrogen-bond acceptors (Lipinski definition) is 4. The number of aromatic nitrogens is 3. The fourth-order valence-electron chi connectivity index (χ4n) is 2.49. The molecule has 0 aliphatic heterocycles. The lowest BCUT2D eigenvalue weighted by atomic mass is 10.1. The van der Waals surface area contributed by atoms with E-state index in [0.29, 0.717) is 17.7 Å². The van der Waals surface area contributed by atoms with E-state index in [-0.39, 0.29) is 18.0 Å². The average Bonchev–Trinajstić information content (AvgIpc) is 3.02. The Labute approximate surface area is 137 Å². The summed E-state index contributed by atoms with van der Waals surface area (Å²) < 4.78 is 1.75. The van der Waals surface area contributed by atoms with Gasteiger partial charge in [-0.3, -0.25) is 4.79 Å². The lowest BCUT2D eigenvalue weighted by Crippen LogP contribution is -2.24. The molecule has 0 radical (unpaired) electrons. The van der Waals surface area contributed by atoms with E-state index >= 15 is 0 Å². The third-order valence-corrected chi connectivity index (χ3v) is 3.72. The molecular formula is C17H16N4O3. The Bertz CT molecular complexity index is 917. The first-order valence-electron chi connectivity index (χ1n) is 7.51. The monoisotopic (exact) mass is 324 g/mol. The average molecular weight is 324 g/mol. The first-order valence-corrected chi connectivity index (χ1v) is 7.51. The van der Waals surface area contributed by atoms with Gasteiger partial charge in [0.25, 0.3) is 5.91 Å². The molecule has 2 aromatic heterocycles. The van der Waals surface area contributed by atoms with Gasteiger partial charge in [-0.15, -0.1) is 0 Å². The standard InChI is InChI=1S/C17H16N4O3/c1-2-21-15-12(10-20-21)7-13(9-18-15)16(22)19-8-11-5-3-4-6-14(11)17(23)24/h3-7,9-10H,2,8H2,1H3,(H,19,22)(H,23,24). The van der Waals surface area contributed by atoms with Crippen LogP contribution in [0.25, 0.3) is 11.0 Å². The lowest BCUT2D eigenvalue weighted by Gasteiger charge is -2.08. The van der Waals surface area contributed by atoms with Crippen LogP contribution in [-0.2, 0) is 13.1 Å². The molecule has 1 amide bonds. The molecule has 7 heteroatoms. The molecule has 0 aliphatic carbocycles. The molecule has 0 spiro atoms. The maximum absolute atomic E-state index is 12.3. The molecule has 2 N–H and O–H groups in total. The van der Waals surface area contributed by atoms with Crippen molar-refractivity contribution in [3.63, 3.8) is 0 Å². The Hall–Kier alpha value is -3.22. The quantitative estimate of drug-likeness (QED) is 0.749. The van der Waals surface area contributed by atoms with Crippen LogP contribution >= 0.6 is 0 Å². The summed E-state index contributed by atoms with van der Waals surface area (Å²) in [5, 5.41) is 16.9. The van der Waals surface area contributed by atoms with Crippen molar-refractivity contribution in [3.8, 4) is 0 Å². The van der Waals surface area contributed by atoms with Gasteiger partial charge < -0.3 is 10.4 Å². The molecule has 0 aliphatic rings. The fourth-order valence-corrected chi connectivity index (χ4v) is 2.49. The maximum atomic E-state index is 12.3. The van der Waals surface area contributed by atoms with Crippen LogP contribution in [0.1, 0.15) is 33.2 Å². The Kier molecular flexibility index (Phi) is 4.24. The summed E-state index contributed by atoms with van der Waals surface area (Å²) >= 11 is 0. The van der Waals surface area contributed by atoms with Gasteiger partial charge in [0.1, 0.15) is 0 Å². The topological polar surface area (TPSA) is 97.1 Å². The SMILES string of the molecule is CCn1ncc2cc(C(=O)NCc3ccccc3C(=O)O)cnc21. The highest BCUT2D eigenvalue weighted by Gasteiger charge is 2.12. The molecule has 0 saturated carbocycles. The third-order valence-electron chi connectivity index (χ3n) is 3.72. The number of nitrogens with one attached hydrogen (secondary N) is 1. The minimum atomic E-state index is -1.02. The minimum absolute atomic E-state index is 0.133. The van der Waals surface area contributed by atoms with E-state index < -0.39 is 5.97 Å². The Balaban J connectivity index is 1.77. The summed E-state index contributed by atoms with van der Waals surface area (Å²) in [6.45, 7) is 2.80. The molecule has 3 rings (SSSR count). The van der Waals surface area contributed by atoms with Gasteiger partial charge in [-0.2, -0.15) is 5.10 Å². The van der Waals surface area contributed by atoms with Crippen LogP contribution in [0.15, 0.2) is 42.7 Å². The molecule has 0 unspecified atom stereocenters. The molecule has 3 aromatic rings. The Morgan fingerprint density at radius 1 is 1.25 bits per heavy atom. The largest absolute Gasteiger partial charge is 0.478 e. The number of carboxylic acid groups (broad SMARTS) is 1. The van der Waals surface area contributed by atoms with Gasteiger partial charge in [0.15, 0.2) is 5.65 Å². The number of hydrogen-bond donors (Lipinski definition) is 2. The number of aromatic carboxylic acids is 1. The highest BCUT2D eigenvalue weighted by molar-refractivity contribution is 5.97. The number of nitrogens with zero attached hydrogens (tertiary/aromatic N) is 3. The molecule has 122 valence electrons. The second-order valence-corrected chi connectivity index (χ2v) is 5.24. The zero-order chi connectivity index (χ0) is 17.1. The molecule has 0 fully saturated rings. The number of rotatable bonds is 5. The second-order valence-electron chi connectivity index (χ2n) is 5.24. The van der Waals surface area contributed by atoms with Crippen LogP contribution in [0, 0.1) is 0 Å². The zero-order valence-electron chi connectivity index (χ0n) is 13.1. The van der Waals surface area contributed by atoms with E-state index in [1.54, 1.807) is 35.1 Å². The van der Waals surface area contributed by atoms with Crippen molar-refractivity contribution in [3.05, 3.63) is 59.4 Å². The summed E-state index contributed by atoms with van der Waals surface area (Å²) in [5.41, 5.74) is 1.86. The number of aryl methyl sites for hydroxylation is 1. The highest BCUT2D eigenvalue weighted by atomic mass is 16.4. The van der Waals surface area contributed by atoms with Gasteiger partial charge in [0.05, 0.1) is 17.3 Å². The lowest BCUT2D eigenvalue weighted by molar-refractivity contribution is 0.0694. The van der Waals surface area contributed by atoms with Gasteiger partial charge in [0.2, 0.25) is 0 Å². The van der Waals surface area contributed by atoms with Gasteiger partial charge in [-0.05, 0) is 24.6 Å². The van der Waals surface area contributed by atoms with Crippen LogP contribution < -0.4 is 5.32 Å². The van der Waals surface area contributed by atoms with Crippen LogP contribution in [0.5, 0.6) is 0 Å². The summed E-state index contributed by atoms with van der Waals surface area (Å²) in [7, 11) is 0. The maximum Gasteiger partial charge on any atom is 0.336 e. The van der Waals surface area contributed by atoms with E-state index in [0.717, 1.165) is 11.0 Å². The minimum Gasteiger partial charge on any atom is -0.478 e. The van der Waals surface area contributed by atoms with E-state index in [4.69, 9.17) is 5.11 Å². The molecule has 1 aromatic carbocycles. The number of amides is 1. The Morgan fingerprint density at radius 2 is 2.04 bits per heavy atom. The number of benzene rings is 1. The van der Waals surface area contributed by atoms with Crippen molar-refractivity contribution in [1.82, 2.24) is 20.1 Å². The van der Waals surface area contributed by atoms with Crippen molar-refractivity contribution >= 4 is 22.9 Å². The van der Waals surface area contributed by atoms with E-state index in [1.807, 2.05) is 6.92 Å². The van der Waals surface area contributed by atoms with Crippen molar-refractivity contribution in [2.45, 2.75) is 20.0 Å². The van der Waals surface area contributed by atoms with E-state index in [2.05, 4.69) is 15.4 Å². The van der Waals surface area contributed by atoms with E-state index in [1.165, 1.54) is 12.3 Å². The van der Waals surface area contributed by atoms with Crippen LogP contribution in [-0.4, -0.2) is 31.7 Å². The smallest absolute Gasteiger partial charge is 0.336 e. The summed E-state index contributed by atoms with van der Waals surface area (Å²) in [6, 6.07) is 8.30. The van der Waals surface area contributed by atoms with Crippen molar-refractivity contribution < 1.29 is 14.7 Å². The van der Waals surface area contributed by atoms with Crippen LogP contribution in [0.3, 0.4) is 0 Å². The predicted octanol–water partition coefficient (Wildman–Crippen LogP) is 2.08. The number of pyridine rings is 1. The summed E-state index contributed by atoms with van der Waals surface area (Å²) in [5.74, 6) is -1.33. The molecular weight excluding hydrogens is 308 g/mol. The number of carboxylic acids is 1. The molecule has 2 heterocycles. The van der Waals surface area contributed by atoms with Gasteiger partial charge in [-0.1, -0.05) is 18.2 Å². The van der Waals surface area contributed by atoms with Crippen molar-refractivity contribution in [2.24, 2.45) is 0 Å². The molecule has 0 saturated heterocycles. The van der Waals surface area contributed by atoms with Crippen LogP contribution in [0.4, 0.5) is 0 Å². The predicted molar refractivity (Wildman–Crippen MR) is 87.8 cm³/mol. The molecule has 0 atom stereocenters. The van der Waals surface area contributed by atoms with Crippen molar-refractivity contribution in [1.29, 1.82) is 0 Å². The molecule has 24 heavy (non-hydrogen) atoms.